The van der Waals surface area contributed by atoms with Gasteiger partial charge in [-0.1, -0.05) is 17.9 Å². The van der Waals surface area contributed by atoms with E-state index in [4.69, 9.17) is 17.6 Å². The van der Waals surface area contributed by atoms with Crippen LogP contribution in [0.25, 0.3) is 0 Å². The first-order valence-corrected chi connectivity index (χ1v) is 8.93. The first-order chi connectivity index (χ1) is 11.6. The van der Waals surface area contributed by atoms with Gasteiger partial charge in [-0.2, -0.15) is 0 Å². The average molecular weight is 320 g/mol. The van der Waals surface area contributed by atoms with Crippen LogP contribution in [-0.4, -0.2) is 17.8 Å². The Balaban J connectivity index is 1.73. The Morgan fingerprint density at radius 2 is 2.00 bits per heavy atom. The summed E-state index contributed by atoms with van der Waals surface area (Å²) in [6.07, 6.45) is 17.3. The van der Waals surface area contributed by atoms with Gasteiger partial charge >= 0.3 is 0 Å². The van der Waals surface area contributed by atoms with Gasteiger partial charge in [-0.05, 0) is 79.5 Å². The molecule has 0 amide bonds. The van der Waals surface area contributed by atoms with Crippen molar-refractivity contribution in [3.05, 3.63) is 29.3 Å². The van der Waals surface area contributed by atoms with E-state index < -0.39 is 11.0 Å². The van der Waals surface area contributed by atoms with Crippen LogP contribution in [0.1, 0.15) is 49.1 Å². The molecular weight excluding hydrogens is 296 g/mol. The van der Waals surface area contributed by atoms with Crippen molar-refractivity contribution in [2.24, 2.45) is 17.3 Å². The molecule has 0 saturated heterocycles. The van der Waals surface area contributed by atoms with E-state index in [0.29, 0.717) is 24.2 Å². The maximum absolute atomic E-state index is 11.0. The lowest BCUT2D eigenvalue weighted by Gasteiger charge is -2.51. The number of hydrogen-bond donors (Lipinski definition) is 1. The minimum Gasteiger partial charge on any atom is -0.497 e. The van der Waals surface area contributed by atoms with Gasteiger partial charge in [-0.15, -0.1) is 12.8 Å². The highest BCUT2D eigenvalue weighted by Crippen LogP contribution is 2.64. The van der Waals surface area contributed by atoms with Crippen LogP contribution in [0.4, 0.5) is 0 Å². The van der Waals surface area contributed by atoms with Crippen molar-refractivity contribution in [1.82, 2.24) is 0 Å². The van der Waals surface area contributed by atoms with Gasteiger partial charge in [0.1, 0.15) is 11.4 Å². The quantitative estimate of drug-likeness (QED) is 0.802. The van der Waals surface area contributed by atoms with Crippen molar-refractivity contribution in [3.8, 4) is 30.4 Å². The number of benzene rings is 1. The monoisotopic (exact) mass is 320 g/mol. The second-order valence-electron chi connectivity index (χ2n) is 7.68. The Bertz CT molecular complexity index is 752. The molecule has 1 aromatic rings. The zero-order valence-corrected chi connectivity index (χ0v) is 14.2. The molecule has 5 atom stereocenters. The van der Waals surface area contributed by atoms with Crippen molar-refractivity contribution in [3.63, 3.8) is 0 Å². The highest BCUT2D eigenvalue weighted by Gasteiger charge is 2.63. The molecule has 0 spiro atoms. The van der Waals surface area contributed by atoms with E-state index in [1.54, 1.807) is 7.11 Å². The average Bonchev–Trinajstić information content (AvgIpc) is 2.94. The van der Waals surface area contributed by atoms with E-state index in [0.717, 1.165) is 37.9 Å². The highest BCUT2D eigenvalue weighted by atomic mass is 16.5. The van der Waals surface area contributed by atoms with E-state index in [-0.39, 0.29) is 0 Å². The van der Waals surface area contributed by atoms with Crippen molar-refractivity contribution < 1.29 is 9.84 Å². The molecule has 1 aromatic carbocycles. The molecular formula is C22H24O2. The lowest BCUT2D eigenvalue weighted by Crippen LogP contribution is -2.51. The minimum absolute atomic E-state index is 0.331. The predicted octanol–water partition coefficient (Wildman–Crippen LogP) is 3.53. The maximum Gasteiger partial charge on any atom is 0.141 e. The molecule has 124 valence electrons. The molecule has 0 unspecified atom stereocenters. The van der Waals surface area contributed by atoms with Crippen LogP contribution < -0.4 is 4.74 Å². The fourth-order valence-electron chi connectivity index (χ4n) is 5.89. The molecule has 1 N–H and O–H groups in total. The Labute approximate surface area is 144 Å². The summed E-state index contributed by atoms with van der Waals surface area (Å²) in [5, 5.41) is 11.0. The van der Waals surface area contributed by atoms with Gasteiger partial charge < -0.3 is 9.84 Å². The smallest absolute Gasteiger partial charge is 0.141 e. The molecule has 3 aliphatic rings. The lowest BCUT2D eigenvalue weighted by atomic mass is 9.53. The standard InChI is InChI=1S/C22H24O2/c1-4-21-12-10-18-17-9-7-16(24-3)14-15(17)6-8-19(18)20(21)11-13-22(21,23)5-2/h1-2,7,9,14,18-20,23H,6,8,10-13H2,3H3/t18-,19-,20+,21+,22+/m1/s1. The summed E-state index contributed by atoms with van der Waals surface area (Å²) in [4.78, 5) is 0. The molecule has 0 aliphatic heterocycles. The zero-order valence-electron chi connectivity index (χ0n) is 14.2. The van der Waals surface area contributed by atoms with E-state index in [1.165, 1.54) is 11.1 Å². The Morgan fingerprint density at radius 3 is 2.71 bits per heavy atom. The highest BCUT2D eigenvalue weighted by molar-refractivity contribution is 5.42. The molecule has 3 aliphatic carbocycles. The molecule has 0 radical (unpaired) electrons. The van der Waals surface area contributed by atoms with Gasteiger partial charge in [0.05, 0.1) is 12.5 Å². The summed E-state index contributed by atoms with van der Waals surface area (Å²) in [7, 11) is 1.72. The van der Waals surface area contributed by atoms with Crippen LogP contribution in [0, 0.1) is 41.9 Å². The van der Waals surface area contributed by atoms with E-state index in [2.05, 4.69) is 30.0 Å². The number of methoxy groups -OCH3 is 1. The first kappa shape index (κ1) is 15.6. The Morgan fingerprint density at radius 1 is 1.17 bits per heavy atom. The molecule has 0 aromatic heterocycles. The Hall–Kier alpha value is -1.90. The van der Waals surface area contributed by atoms with Crippen molar-refractivity contribution in [1.29, 1.82) is 0 Å². The fourth-order valence-corrected chi connectivity index (χ4v) is 5.89. The number of aryl methyl sites for hydroxylation is 1. The zero-order chi connectivity index (χ0) is 16.9. The van der Waals surface area contributed by atoms with Gasteiger partial charge in [0.25, 0.3) is 0 Å². The molecule has 2 nitrogen and oxygen atoms in total. The predicted molar refractivity (Wildman–Crippen MR) is 94.6 cm³/mol. The number of hydrogen-bond acceptors (Lipinski definition) is 2. The molecule has 24 heavy (non-hydrogen) atoms. The van der Waals surface area contributed by atoms with Gasteiger partial charge in [0, 0.05) is 0 Å². The maximum atomic E-state index is 11.0. The third kappa shape index (κ3) is 1.84. The topological polar surface area (TPSA) is 29.5 Å². The molecule has 2 heteroatoms. The van der Waals surface area contributed by atoms with Crippen LogP contribution in [0.15, 0.2) is 18.2 Å². The molecule has 4 rings (SSSR count). The summed E-state index contributed by atoms with van der Waals surface area (Å²) in [6.45, 7) is 0. The largest absolute Gasteiger partial charge is 0.497 e. The summed E-state index contributed by atoms with van der Waals surface area (Å²) < 4.78 is 5.38. The second kappa shape index (κ2) is 5.30. The summed E-state index contributed by atoms with van der Waals surface area (Å²) in [5.74, 6) is 7.97. The fraction of sp³-hybridized carbons (Fsp3) is 0.545. The van der Waals surface area contributed by atoms with Gasteiger partial charge in [0.15, 0.2) is 0 Å². The van der Waals surface area contributed by atoms with Crippen LogP contribution in [-0.2, 0) is 6.42 Å². The third-order valence-corrected chi connectivity index (χ3v) is 7.06. The first-order valence-electron chi connectivity index (χ1n) is 8.93. The summed E-state index contributed by atoms with van der Waals surface area (Å²) in [6, 6.07) is 6.48. The van der Waals surface area contributed by atoms with Crippen molar-refractivity contribution >= 4 is 0 Å². The summed E-state index contributed by atoms with van der Waals surface area (Å²) in [5.41, 5.74) is 1.20. The van der Waals surface area contributed by atoms with Gasteiger partial charge in [0.2, 0.25) is 0 Å². The number of rotatable bonds is 1. The minimum atomic E-state index is -1.13. The van der Waals surface area contributed by atoms with Crippen LogP contribution in [0.3, 0.4) is 0 Å². The number of fused-ring (bicyclic) bond motifs is 5. The van der Waals surface area contributed by atoms with E-state index in [1.807, 2.05) is 0 Å². The molecule has 2 fully saturated rings. The number of ether oxygens (including phenoxy) is 1. The summed E-state index contributed by atoms with van der Waals surface area (Å²) >= 11 is 0. The van der Waals surface area contributed by atoms with E-state index >= 15 is 0 Å². The Kier molecular flexibility index (Phi) is 3.45. The van der Waals surface area contributed by atoms with Gasteiger partial charge in [-0.25, -0.2) is 0 Å². The van der Waals surface area contributed by atoms with Crippen molar-refractivity contribution in [2.45, 2.75) is 50.0 Å². The lowest BCUT2D eigenvalue weighted by molar-refractivity contribution is -0.0372. The molecule has 0 heterocycles. The van der Waals surface area contributed by atoms with E-state index in [9.17, 15) is 5.11 Å². The van der Waals surface area contributed by atoms with Crippen LogP contribution >= 0.6 is 0 Å². The normalized spacial score (nSPS) is 39.8. The van der Waals surface area contributed by atoms with Crippen molar-refractivity contribution in [2.75, 3.05) is 7.11 Å². The number of terminal acetylenes is 2. The number of aliphatic hydroxyl groups is 1. The SMILES string of the molecule is C#C[C@]12CC[C@@H]3c4ccc(OC)cc4CC[C@H]3[C@@H]1CC[C@@]2(O)C#C. The molecule has 2 saturated carbocycles. The van der Waals surface area contributed by atoms with Crippen LogP contribution in [0.5, 0.6) is 5.75 Å². The van der Waals surface area contributed by atoms with Gasteiger partial charge in [-0.3, -0.25) is 0 Å². The molecule has 0 bridgehead atoms. The van der Waals surface area contributed by atoms with Crippen LogP contribution in [0.2, 0.25) is 0 Å². The third-order valence-electron chi connectivity index (χ3n) is 7.06. The second-order valence-corrected chi connectivity index (χ2v) is 7.68.